The maximum atomic E-state index is 13.4. The first-order valence-electron chi connectivity index (χ1n) is 11.8. The second-order valence-corrected chi connectivity index (χ2v) is 8.74. The molecule has 2 aliphatic rings. The summed E-state index contributed by atoms with van der Waals surface area (Å²) in [7, 11) is 4.63. The highest BCUT2D eigenvalue weighted by molar-refractivity contribution is 6.46. The fraction of sp³-hybridized carbons (Fsp3) is 0.407. The molecule has 0 bridgehead atoms. The molecular weight excluding hydrogens is 464 g/mol. The summed E-state index contributed by atoms with van der Waals surface area (Å²) < 4.78 is 21.5. The van der Waals surface area contributed by atoms with Crippen LogP contribution in [-0.4, -0.2) is 87.3 Å². The van der Waals surface area contributed by atoms with Gasteiger partial charge in [0.1, 0.15) is 11.5 Å². The smallest absolute Gasteiger partial charge is 0.295 e. The number of hydrogen-bond donors (Lipinski definition) is 1. The summed E-state index contributed by atoms with van der Waals surface area (Å²) in [6.45, 7) is 5.51. The van der Waals surface area contributed by atoms with Gasteiger partial charge in [0.05, 0.1) is 46.2 Å². The average molecular weight is 497 g/mol. The van der Waals surface area contributed by atoms with E-state index in [2.05, 4.69) is 4.90 Å². The Labute approximate surface area is 210 Å². The molecule has 1 amide bonds. The molecule has 0 aromatic heterocycles. The lowest BCUT2D eigenvalue weighted by Crippen LogP contribution is -2.42. The van der Waals surface area contributed by atoms with Gasteiger partial charge in [-0.15, -0.1) is 0 Å². The first kappa shape index (κ1) is 25.5. The zero-order valence-electron chi connectivity index (χ0n) is 21.1. The van der Waals surface area contributed by atoms with E-state index in [4.69, 9.17) is 18.9 Å². The average Bonchev–Trinajstić information content (AvgIpc) is 3.16. The highest BCUT2D eigenvalue weighted by atomic mass is 16.5. The number of morpholine rings is 1. The summed E-state index contributed by atoms with van der Waals surface area (Å²) in [6.07, 6.45) is 0. The van der Waals surface area contributed by atoms with Gasteiger partial charge in [-0.3, -0.25) is 14.5 Å². The van der Waals surface area contributed by atoms with E-state index in [1.165, 1.54) is 12.0 Å². The number of rotatable bonds is 8. The van der Waals surface area contributed by atoms with Crippen LogP contribution in [0, 0.1) is 6.92 Å². The molecule has 0 saturated carbocycles. The topological polar surface area (TPSA) is 97.8 Å². The fourth-order valence-corrected chi connectivity index (χ4v) is 4.73. The van der Waals surface area contributed by atoms with Crippen molar-refractivity contribution in [2.75, 3.05) is 60.7 Å². The Hall–Kier alpha value is -3.56. The molecule has 1 atom stereocenters. The van der Waals surface area contributed by atoms with E-state index in [0.29, 0.717) is 54.7 Å². The number of aliphatic hydroxyl groups excluding tert-OH is 1. The molecule has 2 aliphatic heterocycles. The third kappa shape index (κ3) is 4.89. The third-order valence-corrected chi connectivity index (χ3v) is 6.71. The molecule has 4 rings (SSSR count). The van der Waals surface area contributed by atoms with Crippen LogP contribution in [0.4, 0.5) is 0 Å². The van der Waals surface area contributed by atoms with Crippen molar-refractivity contribution in [3.63, 3.8) is 0 Å². The molecular formula is C27H32N2O7. The molecule has 0 radical (unpaired) electrons. The van der Waals surface area contributed by atoms with Gasteiger partial charge in [0.2, 0.25) is 0 Å². The van der Waals surface area contributed by atoms with Gasteiger partial charge >= 0.3 is 0 Å². The van der Waals surface area contributed by atoms with E-state index in [1.807, 2.05) is 6.92 Å². The molecule has 2 heterocycles. The molecule has 9 nitrogen and oxygen atoms in total. The van der Waals surface area contributed by atoms with Crippen molar-refractivity contribution in [1.82, 2.24) is 9.80 Å². The minimum Gasteiger partial charge on any atom is -0.507 e. The Bertz CT molecular complexity index is 1170. The van der Waals surface area contributed by atoms with Crippen molar-refractivity contribution in [2.24, 2.45) is 0 Å². The van der Waals surface area contributed by atoms with Crippen LogP contribution in [0.15, 0.2) is 42.0 Å². The van der Waals surface area contributed by atoms with Gasteiger partial charge in [-0.25, -0.2) is 0 Å². The SMILES string of the molecule is COc1ccc(C(O)=C2C(=O)C(=O)N(CCN3CCOCC3)[C@H]2c2ccc(OC)c(OC)c2)c(C)c1. The van der Waals surface area contributed by atoms with E-state index >= 15 is 0 Å². The molecule has 192 valence electrons. The van der Waals surface area contributed by atoms with Crippen LogP contribution in [0.3, 0.4) is 0 Å². The Balaban J connectivity index is 1.80. The minimum absolute atomic E-state index is 0.0439. The number of methoxy groups -OCH3 is 3. The van der Waals surface area contributed by atoms with Crippen LogP contribution in [0.2, 0.25) is 0 Å². The number of carbonyl (C=O) groups excluding carboxylic acids is 2. The monoisotopic (exact) mass is 496 g/mol. The van der Waals surface area contributed by atoms with Gasteiger partial charge in [0.25, 0.3) is 11.7 Å². The number of benzene rings is 2. The van der Waals surface area contributed by atoms with Crippen molar-refractivity contribution in [1.29, 1.82) is 0 Å². The van der Waals surface area contributed by atoms with Crippen molar-refractivity contribution in [2.45, 2.75) is 13.0 Å². The fourth-order valence-electron chi connectivity index (χ4n) is 4.73. The lowest BCUT2D eigenvalue weighted by Gasteiger charge is -2.31. The Morgan fingerprint density at radius 1 is 0.972 bits per heavy atom. The Morgan fingerprint density at radius 2 is 1.69 bits per heavy atom. The predicted molar refractivity (Wildman–Crippen MR) is 134 cm³/mol. The zero-order chi connectivity index (χ0) is 25.8. The number of likely N-dealkylation sites (tertiary alicyclic amines) is 1. The van der Waals surface area contributed by atoms with E-state index in [-0.39, 0.29) is 11.3 Å². The number of Topliss-reactive ketones (excluding diaryl/α,β-unsaturated/α-hetero) is 1. The second kappa shape index (κ2) is 11.0. The summed E-state index contributed by atoms with van der Waals surface area (Å²) in [6, 6.07) is 9.65. The maximum Gasteiger partial charge on any atom is 0.295 e. The molecule has 0 aliphatic carbocycles. The molecule has 0 unspecified atom stereocenters. The molecule has 2 fully saturated rings. The summed E-state index contributed by atoms with van der Waals surface area (Å²) in [5.74, 6) is 0.0424. The van der Waals surface area contributed by atoms with Crippen molar-refractivity contribution in [3.05, 3.63) is 58.7 Å². The quantitative estimate of drug-likeness (QED) is 0.339. The number of ketones is 1. The summed E-state index contributed by atoms with van der Waals surface area (Å²) in [4.78, 5) is 30.4. The van der Waals surface area contributed by atoms with Gasteiger partial charge in [0.15, 0.2) is 11.5 Å². The summed E-state index contributed by atoms with van der Waals surface area (Å²) in [5, 5.41) is 11.4. The predicted octanol–water partition coefficient (Wildman–Crippen LogP) is 2.77. The van der Waals surface area contributed by atoms with E-state index < -0.39 is 17.7 Å². The number of nitrogens with zero attached hydrogens (tertiary/aromatic N) is 2. The second-order valence-electron chi connectivity index (χ2n) is 8.74. The van der Waals surface area contributed by atoms with Crippen LogP contribution in [0.5, 0.6) is 17.2 Å². The highest BCUT2D eigenvalue weighted by Crippen LogP contribution is 2.42. The number of aliphatic hydroxyl groups is 1. The van der Waals surface area contributed by atoms with Crippen LogP contribution >= 0.6 is 0 Å². The van der Waals surface area contributed by atoms with Crippen LogP contribution in [0.25, 0.3) is 5.76 Å². The van der Waals surface area contributed by atoms with Crippen molar-refractivity contribution < 1.29 is 33.6 Å². The first-order chi connectivity index (χ1) is 17.4. The molecule has 2 saturated heterocycles. The Kier molecular flexibility index (Phi) is 7.81. The Morgan fingerprint density at radius 3 is 2.33 bits per heavy atom. The van der Waals surface area contributed by atoms with Gasteiger partial charge in [-0.05, 0) is 48.4 Å². The largest absolute Gasteiger partial charge is 0.507 e. The standard InChI is InChI=1S/C27H32N2O7/c1-17-15-19(33-2)6-7-20(17)25(30)23-24(18-5-8-21(34-3)22(16-18)35-4)29(27(32)26(23)31)10-9-28-11-13-36-14-12-28/h5-8,15-16,24,30H,9-14H2,1-4H3/t24-/m0/s1. The van der Waals surface area contributed by atoms with Gasteiger partial charge in [0, 0.05) is 31.7 Å². The van der Waals surface area contributed by atoms with Crippen LogP contribution in [-0.2, 0) is 14.3 Å². The van der Waals surface area contributed by atoms with Crippen molar-refractivity contribution in [3.8, 4) is 17.2 Å². The zero-order valence-corrected chi connectivity index (χ0v) is 21.1. The number of hydrogen-bond acceptors (Lipinski definition) is 8. The number of ether oxygens (including phenoxy) is 4. The molecule has 36 heavy (non-hydrogen) atoms. The highest BCUT2D eigenvalue weighted by Gasteiger charge is 2.46. The molecule has 9 heteroatoms. The van der Waals surface area contributed by atoms with Crippen LogP contribution in [0.1, 0.15) is 22.7 Å². The summed E-state index contributed by atoms with van der Waals surface area (Å²) in [5.41, 5.74) is 1.87. The van der Waals surface area contributed by atoms with E-state index in [9.17, 15) is 14.7 Å². The van der Waals surface area contributed by atoms with Gasteiger partial charge in [-0.2, -0.15) is 0 Å². The lowest BCUT2D eigenvalue weighted by atomic mass is 9.93. The van der Waals surface area contributed by atoms with Crippen molar-refractivity contribution >= 4 is 17.4 Å². The molecule has 2 aromatic rings. The maximum absolute atomic E-state index is 13.4. The van der Waals surface area contributed by atoms with Gasteiger partial charge in [-0.1, -0.05) is 6.07 Å². The van der Waals surface area contributed by atoms with Crippen LogP contribution < -0.4 is 14.2 Å². The minimum atomic E-state index is -0.785. The lowest BCUT2D eigenvalue weighted by molar-refractivity contribution is -0.140. The van der Waals surface area contributed by atoms with E-state index in [1.54, 1.807) is 50.6 Å². The molecule has 2 aromatic carbocycles. The first-order valence-corrected chi connectivity index (χ1v) is 11.8. The number of carbonyl (C=O) groups is 2. The van der Waals surface area contributed by atoms with Gasteiger partial charge < -0.3 is 29.0 Å². The molecule has 1 N–H and O–H groups in total. The summed E-state index contributed by atoms with van der Waals surface area (Å²) >= 11 is 0. The molecule has 0 spiro atoms. The normalized spacial score (nSPS) is 20.0. The third-order valence-electron chi connectivity index (χ3n) is 6.71. The number of amides is 1. The van der Waals surface area contributed by atoms with E-state index in [0.717, 1.165) is 18.7 Å². The number of aryl methyl sites for hydroxylation is 1.